The fourth-order valence-corrected chi connectivity index (χ4v) is 3.38. The molecule has 1 heterocycles. The van der Waals surface area contributed by atoms with Crippen LogP contribution in [0.15, 0.2) is 30.3 Å². The number of aryl methyl sites for hydroxylation is 1. The van der Waals surface area contributed by atoms with Crippen LogP contribution in [0, 0.1) is 11.3 Å². The first-order valence-corrected chi connectivity index (χ1v) is 10.9. The Kier molecular flexibility index (Phi) is 9.66. The lowest BCUT2D eigenvalue weighted by atomic mass is 10.1. The molecule has 0 aliphatic carbocycles. The highest BCUT2D eigenvalue weighted by Gasteiger charge is 2.26. The minimum absolute atomic E-state index is 0.262. The van der Waals surface area contributed by atoms with Crippen LogP contribution >= 0.6 is 11.8 Å². The van der Waals surface area contributed by atoms with Crippen molar-refractivity contribution in [3.63, 3.8) is 0 Å². The lowest BCUT2D eigenvalue weighted by molar-refractivity contribution is -0.123. The van der Waals surface area contributed by atoms with E-state index in [9.17, 15) is 14.9 Å². The molecule has 7 nitrogen and oxygen atoms in total. The van der Waals surface area contributed by atoms with Crippen molar-refractivity contribution < 1.29 is 14.3 Å². The number of urea groups is 1. The van der Waals surface area contributed by atoms with Gasteiger partial charge in [0.25, 0.3) is 0 Å². The van der Waals surface area contributed by atoms with Gasteiger partial charge in [-0.25, -0.2) is 4.79 Å². The Morgan fingerprint density at radius 1 is 1.21 bits per heavy atom. The normalized spacial score (nSPS) is 15.9. The summed E-state index contributed by atoms with van der Waals surface area (Å²) in [5.74, 6) is 0.429. The Morgan fingerprint density at radius 3 is 2.57 bits per heavy atom. The average molecular weight is 405 g/mol. The Labute approximate surface area is 170 Å². The number of carbonyl (C=O) groups is 2. The second-order valence-corrected chi connectivity index (χ2v) is 7.58. The minimum atomic E-state index is -0.657. The SMILES string of the molecule is CSCC[C@H](NC(=O)N1CCOCC1)C(=O)N[C@H](C#N)CCc1ccccc1. The van der Waals surface area contributed by atoms with E-state index in [2.05, 4.69) is 16.7 Å². The summed E-state index contributed by atoms with van der Waals surface area (Å²) in [7, 11) is 0. The van der Waals surface area contributed by atoms with E-state index in [1.807, 2.05) is 36.6 Å². The number of hydrogen-bond donors (Lipinski definition) is 2. The van der Waals surface area contributed by atoms with Gasteiger partial charge in [0.15, 0.2) is 0 Å². The van der Waals surface area contributed by atoms with Gasteiger partial charge in [-0.2, -0.15) is 17.0 Å². The second kappa shape index (κ2) is 12.3. The highest BCUT2D eigenvalue weighted by atomic mass is 32.2. The zero-order valence-corrected chi connectivity index (χ0v) is 17.0. The monoisotopic (exact) mass is 404 g/mol. The zero-order valence-electron chi connectivity index (χ0n) is 16.2. The molecule has 3 amide bonds. The molecule has 2 atom stereocenters. The van der Waals surface area contributed by atoms with E-state index in [0.717, 1.165) is 11.3 Å². The van der Waals surface area contributed by atoms with Crippen molar-refractivity contribution in [3.05, 3.63) is 35.9 Å². The molecule has 1 aromatic rings. The third kappa shape index (κ3) is 7.41. The number of thioether (sulfide) groups is 1. The average Bonchev–Trinajstić information content (AvgIpc) is 2.75. The molecule has 8 heteroatoms. The van der Waals surface area contributed by atoms with Crippen molar-refractivity contribution in [2.75, 3.05) is 38.3 Å². The lowest BCUT2D eigenvalue weighted by Crippen LogP contribution is -2.54. The minimum Gasteiger partial charge on any atom is -0.378 e. The van der Waals surface area contributed by atoms with Crippen molar-refractivity contribution in [2.24, 2.45) is 0 Å². The van der Waals surface area contributed by atoms with Gasteiger partial charge in [0, 0.05) is 13.1 Å². The van der Waals surface area contributed by atoms with Crippen molar-refractivity contribution in [3.8, 4) is 6.07 Å². The van der Waals surface area contributed by atoms with Gasteiger partial charge in [-0.15, -0.1) is 0 Å². The summed E-state index contributed by atoms with van der Waals surface area (Å²) in [5.41, 5.74) is 1.12. The van der Waals surface area contributed by atoms with Crippen molar-refractivity contribution >= 4 is 23.7 Å². The fourth-order valence-electron chi connectivity index (χ4n) is 2.91. The van der Waals surface area contributed by atoms with Gasteiger partial charge in [0.05, 0.1) is 19.3 Å². The van der Waals surface area contributed by atoms with E-state index in [0.29, 0.717) is 45.6 Å². The molecule has 0 unspecified atom stereocenters. The molecular weight excluding hydrogens is 376 g/mol. The molecule has 2 rings (SSSR count). The zero-order chi connectivity index (χ0) is 20.2. The molecule has 1 saturated heterocycles. The molecule has 1 aliphatic heterocycles. The number of benzene rings is 1. The Morgan fingerprint density at radius 2 is 1.93 bits per heavy atom. The van der Waals surface area contributed by atoms with Crippen LogP contribution in [-0.2, 0) is 16.0 Å². The number of rotatable bonds is 9. The molecule has 0 radical (unpaired) electrons. The number of ether oxygens (including phenoxy) is 1. The maximum atomic E-state index is 12.7. The molecule has 152 valence electrons. The van der Waals surface area contributed by atoms with Gasteiger partial charge >= 0.3 is 6.03 Å². The van der Waals surface area contributed by atoms with Crippen LogP contribution < -0.4 is 10.6 Å². The van der Waals surface area contributed by atoms with Crippen LogP contribution in [0.4, 0.5) is 4.79 Å². The molecule has 1 fully saturated rings. The van der Waals surface area contributed by atoms with Gasteiger partial charge < -0.3 is 20.3 Å². The van der Waals surface area contributed by atoms with Crippen molar-refractivity contribution in [1.29, 1.82) is 5.26 Å². The van der Waals surface area contributed by atoms with Gasteiger partial charge in [-0.05, 0) is 36.8 Å². The summed E-state index contributed by atoms with van der Waals surface area (Å²) in [6.45, 7) is 2.04. The van der Waals surface area contributed by atoms with Crippen molar-refractivity contribution in [2.45, 2.75) is 31.3 Å². The van der Waals surface area contributed by atoms with Crippen LogP contribution in [0.2, 0.25) is 0 Å². The molecule has 1 aliphatic rings. The smallest absolute Gasteiger partial charge is 0.318 e. The van der Waals surface area contributed by atoms with E-state index >= 15 is 0 Å². The third-order valence-corrected chi connectivity index (χ3v) is 5.20. The first kappa shape index (κ1) is 22.1. The van der Waals surface area contributed by atoms with Gasteiger partial charge in [-0.3, -0.25) is 4.79 Å². The van der Waals surface area contributed by atoms with E-state index < -0.39 is 12.1 Å². The lowest BCUT2D eigenvalue weighted by Gasteiger charge is -2.29. The number of amides is 3. The molecule has 28 heavy (non-hydrogen) atoms. The van der Waals surface area contributed by atoms with Gasteiger partial charge in [0.1, 0.15) is 12.1 Å². The number of nitrogens with one attached hydrogen (secondary N) is 2. The van der Waals surface area contributed by atoms with E-state index in [1.54, 1.807) is 16.7 Å². The fraction of sp³-hybridized carbons (Fsp3) is 0.550. The summed E-state index contributed by atoms with van der Waals surface area (Å²) in [5, 5.41) is 15.0. The van der Waals surface area contributed by atoms with Gasteiger partial charge in [-0.1, -0.05) is 30.3 Å². The summed E-state index contributed by atoms with van der Waals surface area (Å²) in [4.78, 5) is 26.8. The van der Waals surface area contributed by atoms with Crippen molar-refractivity contribution in [1.82, 2.24) is 15.5 Å². The number of nitriles is 1. The Bertz CT molecular complexity index is 659. The third-order valence-electron chi connectivity index (χ3n) is 4.56. The van der Waals surface area contributed by atoms with E-state index in [-0.39, 0.29) is 11.9 Å². The molecule has 0 saturated carbocycles. The Balaban J connectivity index is 1.90. The first-order chi connectivity index (χ1) is 13.6. The van der Waals surface area contributed by atoms with E-state index in [1.165, 1.54) is 0 Å². The quantitative estimate of drug-likeness (QED) is 0.654. The molecule has 0 bridgehead atoms. The number of morpholine rings is 1. The summed E-state index contributed by atoms with van der Waals surface area (Å²) >= 11 is 1.61. The molecule has 0 spiro atoms. The first-order valence-electron chi connectivity index (χ1n) is 9.50. The highest BCUT2D eigenvalue weighted by molar-refractivity contribution is 7.98. The number of hydrogen-bond acceptors (Lipinski definition) is 5. The van der Waals surface area contributed by atoms with E-state index in [4.69, 9.17) is 4.74 Å². The standard InChI is InChI=1S/C20H28N4O3S/c1-28-14-9-18(23-20(26)24-10-12-27-13-11-24)19(25)22-17(15-21)8-7-16-5-3-2-4-6-16/h2-6,17-18H,7-14H2,1H3,(H,22,25)(H,23,26)/t17-,18-/m0/s1. The Hall–Kier alpha value is -2.24. The topological polar surface area (TPSA) is 94.5 Å². The number of carbonyl (C=O) groups excluding carboxylic acids is 2. The summed E-state index contributed by atoms with van der Waals surface area (Å²) in [6.07, 6.45) is 3.70. The van der Waals surface area contributed by atoms with Gasteiger partial charge in [0.2, 0.25) is 5.91 Å². The predicted octanol–water partition coefficient (Wildman–Crippen LogP) is 1.79. The second-order valence-electron chi connectivity index (χ2n) is 6.60. The molecular formula is C20H28N4O3S. The molecule has 2 N–H and O–H groups in total. The highest BCUT2D eigenvalue weighted by Crippen LogP contribution is 2.07. The summed E-state index contributed by atoms with van der Waals surface area (Å²) in [6, 6.07) is 10.5. The molecule has 1 aromatic carbocycles. The largest absolute Gasteiger partial charge is 0.378 e. The van der Waals surface area contributed by atoms with Crippen LogP contribution in [0.5, 0.6) is 0 Å². The maximum Gasteiger partial charge on any atom is 0.318 e. The van der Waals surface area contributed by atoms with Crippen LogP contribution in [0.25, 0.3) is 0 Å². The van der Waals surface area contributed by atoms with Crippen LogP contribution in [-0.4, -0.2) is 67.2 Å². The van der Waals surface area contributed by atoms with Crippen LogP contribution in [0.1, 0.15) is 18.4 Å². The summed E-state index contributed by atoms with van der Waals surface area (Å²) < 4.78 is 5.26. The predicted molar refractivity (Wildman–Crippen MR) is 110 cm³/mol. The number of nitrogens with zero attached hydrogens (tertiary/aromatic N) is 2. The molecule has 0 aromatic heterocycles. The maximum absolute atomic E-state index is 12.7. The van der Waals surface area contributed by atoms with Crippen LogP contribution in [0.3, 0.4) is 0 Å².